The summed E-state index contributed by atoms with van der Waals surface area (Å²) in [6.07, 6.45) is -0.889. The number of hydrogen-bond acceptors (Lipinski definition) is 6. The van der Waals surface area contributed by atoms with Crippen molar-refractivity contribution < 1.29 is 29.9 Å². The van der Waals surface area contributed by atoms with E-state index >= 15 is 0 Å². The molecule has 0 aromatic carbocycles. The van der Waals surface area contributed by atoms with Gasteiger partial charge in [0, 0.05) is 0 Å². The number of allylic oxidation sites excluding steroid dienone is 2. The van der Waals surface area contributed by atoms with Crippen LogP contribution in [0.4, 0.5) is 0 Å². The first kappa shape index (κ1) is 19.5. The summed E-state index contributed by atoms with van der Waals surface area (Å²) < 4.78 is 10.8. The zero-order valence-corrected chi connectivity index (χ0v) is 13.7. The molecule has 0 aliphatic carbocycles. The number of hydrogen-bond donors (Lipinski definition) is 4. The second-order valence-corrected chi connectivity index (χ2v) is 6.32. The van der Waals surface area contributed by atoms with Gasteiger partial charge in [0.25, 0.3) is 0 Å². The van der Waals surface area contributed by atoms with Gasteiger partial charge in [-0.1, -0.05) is 18.6 Å². The molecule has 2 unspecified atom stereocenters. The zero-order chi connectivity index (χ0) is 16.7. The summed E-state index contributed by atoms with van der Waals surface area (Å²) in [5.74, 6) is 0.473. The molecule has 0 amide bonds. The first-order chi connectivity index (χ1) is 10.4. The minimum absolute atomic E-state index is 0.388. The Bertz CT molecular complexity index is 340. The molecular formula is C16H30O6. The molecule has 1 aliphatic rings. The molecular weight excluding hydrogens is 288 g/mol. The molecule has 6 heteroatoms. The van der Waals surface area contributed by atoms with E-state index in [1.165, 1.54) is 5.57 Å². The van der Waals surface area contributed by atoms with Crippen molar-refractivity contribution >= 4 is 0 Å². The van der Waals surface area contributed by atoms with Gasteiger partial charge >= 0.3 is 0 Å². The third-order valence-electron chi connectivity index (χ3n) is 3.95. The van der Waals surface area contributed by atoms with Crippen LogP contribution in [-0.4, -0.2) is 64.3 Å². The number of ether oxygens (including phenoxy) is 2. The van der Waals surface area contributed by atoms with Gasteiger partial charge in [-0.2, -0.15) is 0 Å². The molecule has 0 radical (unpaired) electrons. The maximum atomic E-state index is 9.84. The monoisotopic (exact) mass is 318 g/mol. The maximum Gasteiger partial charge on any atom is 0.186 e. The van der Waals surface area contributed by atoms with E-state index in [4.69, 9.17) is 14.6 Å². The SMILES string of the molecule is CC(C)=CCCC(C)CCOC1O[C@H](CO)[C@H](O)[C@H](O)[C@H]1O. The van der Waals surface area contributed by atoms with Crippen molar-refractivity contribution in [1.29, 1.82) is 0 Å². The van der Waals surface area contributed by atoms with Gasteiger partial charge in [0.15, 0.2) is 6.29 Å². The van der Waals surface area contributed by atoms with Gasteiger partial charge in [-0.25, -0.2) is 0 Å². The standard InChI is InChI=1S/C16H30O6/c1-10(2)5-4-6-11(3)7-8-21-16-15(20)14(19)13(18)12(9-17)22-16/h5,11-20H,4,6-9H2,1-3H3/t11?,12-,13+,14+,15-,16?/m1/s1. The van der Waals surface area contributed by atoms with Gasteiger partial charge in [0.2, 0.25) is 0 Å². The molecule has 1 aliphatic heterocycles. The lowest BCUT2D eigenvalue weighted by Gasteiger charge is -2.39. The average molecular weight is 318 g/mol. The van der Waals surface area contributed by atoms with Crippen molar-refractivity contribution in [2.45, 2.75) is 70.7 Å². The Morgan fingerprint density at radius 2 is 1.82 bits per heavy atom. The summed E-state index contributed by atoms with van der Waals surface area (Å²) in [5.41, 5.74) is 1.31. The highest BCUT2D eigenvalue weighted by Crippen LogP contribution is 2.22. The summed E-state index contributed by atoms with van der Waals surface area (Å²) in [7, 11) is 0. The second kappa shape index (κ2) is 9.60. The highest BCUT2D eigenvalue weighted by molar-refractivity contribution is 4.92. The van der Waals surface area contributed by atoms with Crippen molar-refractivity contribution in [3.05, 3.63) is 11.6 Å². The minimum atomic E-state index is -1.38. The fraction of sp³-hybridized carbons (Fsp3) is 0.875. The average Bonchev–Trinajstić information content (AvgIpc) is 2.47. The van der Waals surface area contributed by atoms with Gasteiger partial charge in [-0.3, -0.25) is 0 Å². The van der Waals surface area contributed by atoms with E-state index in [-0.39, 0.29) is 0 Å². The second-order valence-electron chi connectivity index (χ2n) is 6.32. The minimum Gasteiger partial charge on any atom is -0.394 e. The van der Waals surface area contributed by atoms with Crippen molar-refractivity contribution in [2.75, 3.05) is 13.2 Å². The number of aliphatic hydroxyl groups is 4. The summed E-state index contributed by atoms with van der Waals surface area (Å²) in [5, 5.41) is 38.3. The van der Waals surface area contributed by atoms with Crippen LogP contribution in [0.1, 0.15) is 40.0 Å². The van der Waals surface area contributed by atoms with Gasteiger partial charge in [0.05, 0.1) is 13.2 Å². The summed E-state index contributed by atoms with van der Waals surface area (Å²) in [6.45, 7) is 6.23. The van der Waals surface area contributed by atoms with E-state index in [9.17, 15) is 15.3 Å². The molecule has 1 fully saturated rings. The fourth-order valence-electron chi connectivity index (χ4n) is 2.39. The lowest BCUT2D eigenvalue weighted by molar-refractivity contribution is -0.301. The van der Waals surface area contributed by atoms with E-state index in [1.807, 2.05) is 0 Å². The van der Waals surface area contributed by atoms with Crippen molar-refractivity contribution in [3.63, 3.8) is 0 Å². The summed E-state index contributed by atoms with van der Waals surface area (Å²) in [4.78, 5) is 0. The molecule has 0 aromatic heterocycles. The largest absolute Gasteiger partial charge is 0.394 e. The van der Waals surface area contributed by atoms with Crippen LogP contribution < -0.4 is 0 Å². The van der Waals surface area contributed by atoms with Crippen LogP contribution in [0.5, 0.6) is 0 Å². The molecule has 22 heavy (non-hydrogen) atoms. The normalized spacial score (nSPS) is 33.5. The van der Waals surface area contributed by atoms with E-state index < -0.39 is 37.3 Å². The van der Waals surface area contributed by atoms with E-state index in [2.05, 4.69) is 26.8 Å². The predicted octanol–water partition coefficient (Wildman–Crippen LogP) is 0.575. The molecule has 0 spiro atoms. The van der Waals surface area contributed by atoms with Crippen LogP contribution in [0.25, 0.3) is 0 Å². The van der Waals surface area contributed by atoms with Crippen LogP contribution in [-0.2, 0) is 9.47 Å². The Balaban J connectivity index is 2.32. The first-order valence-electron chi connectivity index (χ1n) is 7.92. The van der Waals surface area contributed by atoms with E-state index in [1.54, 1.807) is 0 Å². The first-order valence-corrected chi connectivity index (χ1v) is 7.92. The van der Waals surface area contributed by atoms with Crippen LogP contribution in [0.15, 0.2) is 11.6 Å². The summed E-state index contributed by atoms with van der Waals surface area (Å²) in [6, 6.07) is 0. The molecule has 6 nitrogen and oxygen atoms in total. The summed E-state index contributed by atoms with van der Waals surface area (Å²) >= 11 is 0. The van der Waals surface area contributed by atoms with Crippen molar-refractivity contribution in [1.82, 2.24) is 0 Å². The Labute approximate surface area is 132 Å². The quantitative estimate of drug-likeness (QED) is 0.489. The molecule has 1 rings (SSSR count). The third-order valence-corrected chi connectivity index (χ3v) is 3.95. The Kier molecular flexibility index (Phi) is 8.53. The van der Waals surface area contributed by atoms with Gasteiger partial charge < -0.3 is 29.9 Å². The third kappa shape index (κ3) is 5.95. The number of rotatable bonds is 8. The van der Waals surface area contributed by atoms with E-state index in [0.717, 1.165) is 19.3 Å². The van der Waals surface area contributed by atoms with Gasteiger partial charge in [-0.15, -0.1) is 0 Å². The molecule has 1 heterocycles. The molecule has 0 bridgehead atoms. The lowest BCUT2D eigenvalue weighted by Crippen LogP contribution is -2.59. The van der Waals surface area contributed by atoms with Crippen LogP contribution >= 0.6 is 0 Å². The topological polar surface area (TPSA) is 99.4 Å². The van der Waals surface area contributed by atoms with Gasteiger partial charge in [-0.05, 0) is 39.0 Å². The zero-order valence-electron chi connectivity index (χ0n) is 13.7. The lowest BCUT2D eigenvalue weighted by atomic mass is 9.99. The predicted molar refractivity (Wildman–Crippen MR) is 82.2 cm³/mol. The van der Waals surface area contributed by atoms with Crippen molar-refractivity contribution in [3.8, 4) is 0 Å². The highest BCUT2D eigenvalue weighted by Gasteiger charge is 2.43. The highest BCUT2D eigenvalue weighted by atomic mass is 16.7. The van der Waals surface area contributed by atoms with Crippen molar-refractivity contribution in [2.24, 2.45) is 5.92 Å². The Morgan fingerprint density at radius 3 is 2.41 bits per heavy atom. The fourth-order valence-corrected chi connectivity index (χ4v) is 2.39. The molecule has 0 aromatic rings. The molecule has 130 valence electrons. The van der Waals surface area contributed by atoms with Crippen LogP contribution in [0.2, 0.25) is 0 Å². The van der Waals surface area contributed by atoms with Gasteiger partial charge in [0.1, 0.15) is 24.4 Å². The van der Waals surface area contributed by atoms with Crippen LogP contribution in [0.3, 0.4) is 0 Å². The van der Waals surface area contributed by atoms with E-state index in [0.29, 0.717) is 12.5 Å². The maximum absolute atomic E-state index is 9.84. The molecule has 1 saturated heterocycles. The molecule has 6 atom stereocenters. The smallest absolute Gasteiger partial charge is 0.186 e. The number of aliphatic hydroxyl groups excluding tert-OH is 4. The Morgan fingerprint density at radius 1 is 1.14 bits per heavy atom. The molecule has 0 saturated carbocycles. The van der Waals surface area contributed by atoms with Crippen LogP contribution in [0, 0.1) is 5.92 Å². The molecule has 4 N–H and O–H groups in total. The Hall–Kier alpha value is -0.500.